The summed E-state index contributed by atoms with van der Waals surface area (Å²) in [6, 6.07) is 3.81. The van der Waals surface area contributed by atoms with E-state index in [1.165, 1.54) is 6.07 Å². The number of rotatable bonds is 2. The molecule has 1 aromatic carbocycles. The predicted molar refractivity (Wildman–Crippen MR) is 58.4 cm³/mol. The van der Waals surface area contributed by atoms with Crippen LogP contribution in [-0.2, 0) is 16.0 Å². The first-order valence-corrected chi connectivity index (χ1v) is 6.73. The number of sulfone groups is 1. The lowest BCUT2D eigenvalue weighted by Crippen LogP contribution is -2.26. The Kier molecular flexibility index (Phi) is 3.35. The minimum Gasteiger partial charge on any atom is -0.256 e. The van der Waals surface area contributed by atoms with Gasteiger partial charge in [0.05, 0.1) is 15.7 Å². The molecule has 0 spiro atoms. The van der Waals surface area contributed by atoms with Crippen LogP contribution in [0.25, 0.3) is 0 Å². The molecule has 1 aliphatic heterocycles. The Morgan fingerprint density at radius 2 is 1.78 bits per heavy atom. The molecule has 0 aliphatic carbocycles. The van der Waals surface area contributed by atoms with E-state index in [9.17, 15) is 21.6 Å². The molecule has 0 amide bonds. The van der Waals surface area contributed by atoms with E-state index in [-0.39, 0.29) is 18.0 Å². The molecule has 2 N–H and O–H groups in total. The van der Waals surface area contributed by atoms with Crippen molar-refractivity contribution in [2.45, 2.75) is 16.3 Å². The Morgan fingerprint density at radius 1 is 1.17 bits per heavy atom. The lowest BCUT2D eigenvalue weighted by atomic mass is 10.2. The topological polar surface area (TPSA) is 58.2 Å². The molecule has 18 heavy (non-hydrogen) atoms. The predicted octanol–water partition coefficient (Wildman–Crippen LogP) is 0.956. The fourth-order valence-corrected chi connectivity index (χ4v) is 3.26. The van der Waals surface area contributed by atoms with Crippen LogP contribution in [0.4, 0.5) is 13.2 Å². The number of hydrazine groups is 1. The van der Waals surface area contributed by atoms with Gasteiger partial charge in [0.2, 0.25) is 0 Å². The Hall–Kier alpha value is -1.12. The van der Waals surface area contributed by atoms with Crippen LogP contribution in [0, 0.1) is 0 Å². The third-order valence-corrected chi connectivity index (χ3v) is 4.84. The first-order chi connectivity index (χ1) is 8.32. The van der Waals surface area contributed by atoms with Crippen LogP contribution >= 0.6 is 0 Å². The average molecular weight is 280 g/mol. The highest BCUT2D eigenvalue weighted by Gasteiger charge is 2.34. The smallest absolute Gasteiger partial charge is 0.256 e. The van der Waals surface area contributed by atoms with Crippen molar-refractivity contribution in [3.05, 3.63) is 29.8 Å². The fourth-order valence-electron chi connectivity index (χ4n) is 1.71. The Balaban J connectivity index is 2.39. The monoisotopic (exact) mass is 280 g/mol. The molecular weight excluding hydrogens is 269 g/mol. The summed E-state index contributed by atoms with van der Waals surface area (Å²) >= 11 is 0. The highest BCUT2D eigenvalue weighted by molar-refractivity contribution is 7.92. The molecule has 1 aromatic rings. The third-order valence-electron chi connectivity index (χ3n) is 2.71. The van der Waals surface area contributed by atoms with Gasteiger partial charge in [-0.15, -0.1) is 0 Å². The van der Waals surface area contributed by atoms with E-state index in [1.807, 2.05) is 0 Å². The van der Waals surface area contributed by atoms with E-state index in [2.05, 4.69) is 10.9 Å². The van der Waals surface area contributed by atoms with Gasteiger partial charge < -0.3 is 0 Å². The molecule has 0 aromatic heterocycles. The summed E-state index contributed by atoms with van der Waals surface area (Å²) in [6.07, 6.45) is -4.54. The Bertz CT molecular complexity index is 536. The first-order valence-electron chi connectivity index (χ1n) is 5.19. The second-order valence-electron chi connectivity index (χ2n) is 3.95. The van der Waals surface area contributed by atoms with Gasteiger partial charge in [-0.1, -0.05) is 6.07 Å². The van der Waals surface area contributed by atoms with Crippen molar-refractivity contribution in [3.8, 4) is 0 Å². The summed E-state index contributed by atoms with van der Waals surface area (Å²) < 4.78 is 61.7. The van der Waals surface area contributed by atoms with Crippen LogP contribution in [0.5, 0.6) is 0 Å². The Morgan fingerprint density at radius 3 is 2.33 bits per heavy atom. The Labute approximate surface area is 102 Å². The SMILES string of the molecule is O=S(=O)(c1cccc(C(F)(F)F)c1)C1CNNC1. The number of benzene rings is 1. The largest absolute Gasteiger partial charge is 0.416 e. The van der Waals surface area contributed by atoms with Crippen LogP contribution in [0.3, 0.4) is 0 Å². The first kappa shape index (κ1) is 13.3. The van der Waals surface area contributed by atoms with Crippen molar-refractivity contribution >= 4 is 9.84 Å². The highest BCUT2D eigenvalue weighted by Crippen LogP contribution is 2.31. The summed E-state index contributed by atoms with van der Waals surface area (Å²) in [5.74, 6) is 0. The van der Waals surface area contributed by atoms with Gasteiger partial charge in [-0.25, -0.2) is 8.42 Å². The van der Waals surface area contributed by atoms with Crippen LogP contribution in [0.1, 0.15) is 5.56 Å². The van der Waals surface area contributed by atoms with Gasteiger partial charge in [-0.2, -0.15) is 13.2 Å². The molecule has 4 nitrogen and oxygen atoms in total. The normalized spacial score (nSPS) is 18.2. The van der Waals surface area contributed by atoms with Gasteiger partial charge in [0.25, 0.3) is 0 Å². The van der Waals surface area contributed by atoms with Crippen molar-refractivity contribution < 1.29 is 21.6 Å². The van der Waals surface area contributed by atoms with Crippen molar-refractivity contribution in [2.75, 3.05) is 13.1 Å². The van der Waals surface area contributed by atoms with E-state index in [0.29, 0.717) is 6.07 Å². The molecule has 1 saturated heterocycles. The third kappa shape index (κ3) is 2.50. The molecule has 1 fully saturated rings. The molecular formula is C10H11F3N2O2S. The van der Waals surface area contributed by atoms with Crippen molar-refractivity contribution in [3.63, 3.8) is 0 Å². The lowest BCUT2D eigenvalue weighted by Gasteiger charge is -2.12. The van der Waals surface area contributed by atoms with Gasteiger partial charge in [0.1, 0.15) is 0 Å². The second-order valence-corrected chi connectivity index (χ2v) is 6.18. The minimum absolute atomic E-state index is 0.179. The second kappa shape index (κ2) is 4.52. The summed E-state index contributed by atoms with van der Waals surface area (Å²) in [7, 11) is -3.75. The average Bonchev–Trinajstić information content (AvgIpc) is 2.82. The summed E-state index contributed by atoms with van der Waals surface area (Å²) in [6.45, 7) is 0.358. The summed E-state index contributed by atoms with van der Waals surface area (Å²) in [5.41, 5.74) is 4.33. The van der Waals surface area contributed by atoms with Crippen LogP contribution in [0.2, 0.25) is 0 Å². The molecule has 1 heterocycles. The standard InChI is InChI=1S/C10H11F3N2O2S/c11-10(12,13)7-2-1-3-8(4-7)18(16,17)9-5-14-15-6-9/h1-4,9,14-15H,5-6H2. The maximum absolute atomic E-state index is 12.5. The molecule has 8 heteroatoms. The van der Waals surface area contributed by atoms with Crippen molar-refractivity contribution in [1.29, 1.82) is 0 Å². The van der Waals surface area contributed by atoms with Gasteiger partial charge in [-0.3, -0.25) is 10.9 Å². The molecule has 1 aliphatic rings. The van der Waals surface area contributed by atoms with Gasteiger partial charge in [0.15, 0.2) is 9.84 Å². The highest BCUT2D eigenvalue weighted by atomic mass is 32.2. The van der Waals surface area contributed by atoms with Crippen LogP contribution in [-0.4, -0.2) is 26.8 Å². The number of halogens is 3. The maximum atomic E-state index is 12.5. The summed E-state index contributed by atoms with van der Waals surface area (Å²) in [4.78, 5) is -0.298. The number of hydrogen-bond donors (Lipinski definition) is 2. The van der Waals surface area contributed by atoms with Gasteiger partial charge >= 0.3 is 6.18 Å². The molecule has 0 saturated carbocycles. The molecule has 2 rings (SSSR count). The van der Waals surface area contributed by atoms with Crippen LogP contribution in [0.15, 0.2) is 29.2 Å². The van der Waals surface area contributed by atoms with E-state index in [4.69, 9.17) is 0 Å². The zero-order chi connectivity index (χ0) is 13.4. The molecule has 0 radical (unpaired) electrons. The quantitative estimate of drug-likeness (QED) is 0.847. The molecule has 0 atom stereocenters. The maximum Gasteiger partial charge on any atom is 0.416 e. The zero-order valence-electron chi connectivity index (χ0n) is 9.16. The van der Waals surface area contributed by atoms with E-state index >= 15 is 0 Å². The molecule has 0 bridgehead atoms. The van der Waals surface area contributed by atoms with E-state index < -0.39 is 26.8 Å². The zero-order valence-corrected chi connectivity index (χ0v) is 9.98. The number of hydrogen-bond acceptors (Lipinski definition) is 4. The molecule has 0 unspecified atom stereocenters. The number of nitrogens with one attached hydrogen (secondary N) is 2. The van der Waals surface area contributed by atoms with Crippen molar-refractivity contribution in [1.82, 2.24) is 10.9 Å². The minimum atomic E-state index is -4.54. The lowest BCUT2D eigenvalue weighted by molar-refractivity contribution is -0.137. The van der Waals surface area contributed by atoms with E-state index in [0.717, 1.165) is 12.1 Å². The van der Waals surface area contributed by atoms with Gasteiger partial charge in [-0.05, 0) is 18.2 Å². The number of alkyl halides is 3. The van der Waals surface area contributed by atoms with Crippen molar-refractivity contribution in [2.24, 2.45) is 0 Å². The fraction of sp³-hybridized carbons (Fsp3) is 0.400. The van der Waals surface area contributed by atoms with E-state index in [1.54, 1.807) is 0 Å². The van der Waals surface area contributed by atoms with Crippen LogP contribution < -0.4 is 10.9 Å². The molecule has 100 valence electrons. The van der Waals surface area contributed by atoms with Gasteiger partial charge in [0, 0.05) is 13.1 Å². The summed E-state index contributed by atoms with van der Waals surface area (Å²) in [5, 5.41) is -0.749.